The monoisotopic (exact) mass is 330 g/mol. The number of hydrogen-bond acceptors (Lipinski definition) is 3. The van der Waals surface area contributed by atoms with E-state index in [2.05, 4.69) is 4.99 Å². The first-order valence-electron chi connectivity index (χ1n) is 6.81. The third-order valence-corrected chi connectivity index (χ3v) is 4.29. The summed E-state index contributed by atoms with van der Waals surface area (Å²) in [6.45, 7) is 0. The van der Waals surface area contributed by atoms with Crippen LogP contribution < -0.4 is 0 Å². The van der Waals surface area contributed by atoms with Gasteiger partial charge in [0.25, 0.3) is 5.91 Å². The van der Waals surface area contributed by atoms with Gasteiger partial charge in [-0.3, -0.25) is 9.69 Å². The Hall–Kier alpha value is -2.47. The third kappa shape index (κ3) is 3.32. The number of benzene rings is 2. The molecular formula is C17H12F2N2OS. The van der Waals surface area contributed by atoms with Gasteiger partial charge in [0.1, 0.15) is 11.5 Å². The van der Waals surface area contributed by atoms with Crippen molar-refractivity contribution in [3.63, 3.8) is 0 Å². The summed E-state index contributed by atoms with van der Waals surface area (Å²) in [5.41, 5.74) is 0.889. The summed E-state index contributed by atoms with van der Waals surface area (Å²) >= 11 is 1.16. The van der Waals surface area contributed by atoms with Gasteiger partial charge in [0.05, 0.1) is 4.91 Å². The van der Waals surface area contributed by atoms with Gasteiger partial charge >= 0.3 is 0 Å². The van der Waals surface area contributed by atoms with Crippen LogP contribution in [-0.2, 0) is 4.79 Å². The van der Waals surface area contributed by atoms with Crippen LogP contribution in [-0.4, -0.2) is 23.0 Å². The molecule has 0 N–H and O–H groups in total. The molecule has 0 aliphatic carbocycles. The number of amidine groups is 1. The van der Waals surface area contributed by atoms with Gasteiger partial charge in [-0.05, 0) is 35.5 Å². The molecule has 3 nitrogen and oxygen atoms in total. The number of aliphatic imine (C=N–C) groups is 1. The molecular weight excluding hydrogens is 318 g/mol. The van der Waals surface area contributed by atoms with Crippen LogP contribution in [0.1, 0.15) is 5.56 Å². The summed E-state index contributed by atoms with van der Waals surface area (Å²) in [6, 6.07) is 12.6. The number of hydrogen-bond donors (Lipinski definition) is 0. The first-order valence-corrected chi connectivity index (χ1v) is 7.62. The summed E-state index contributed by atoms with van der Waals surface area (Å²) in [5.74, 6) is -1.64. The molecule has 0 atom stereocenters. The Labute approximate surface area is 136 Å². The van der Waals surface area contributed by atoms with Crippen molar-refractivity contribution in [3.8, 4) is 0 Å². The molecule has 0 saturated carbocycles. The van der Waals surface area contributed by atoms with Crippen LogP contribution in [0.5, 0.6) is 0 Å². The van der Waals surface area contributed by atoms with E-state index in [4.69, 9.17) is 0 Å². The van der Waals surface area contributed by atoms with E-state index in [1.165, 1.54) is 11.0 Å². The maximum absolute atomic E-state index is 13.7. The molecule has 1 heterocycles. The number of carbonyl (C=O) groups is 1. The highest BCUT2D eigenvalue weighted by molar-refractivity contribution is 8.18. The van der Waals surface area contributed by atoms with E-state index in [9.17, 15) is 13.6 Å². The van der Waals surface area contributed by atoms with Crippen molar-refractivity contribution in [1.82, 2.24) is 4.90 Å². The van der Waals surface area contributed by atoms with Crippen LogP contribution in [0.2, 0.25) is 0 Å². The van der Waals surface area contributed by atoms with Crippen molar-refractivity contribution in [2.75, 3.05) is 7.05 Å². The second-order valence-corrected chi connectivity index (χ2v) is 5.88. The zero-order valence-electron chi connectivity index (χ0n) is 12.2. The molecule has 23 heavy (non-hydrogen) atoms. The molecule has 1 fully saturated rings. The normalized spacial score (nSPS) is 18.2. The van der Waals surface area contributed by atoms with Crippen molar-refractivity contribution in [2.24, 2.45) is 4.99 Å². The second-order valence-electron chi connectivity index (χ2n) is 4.88. The van der Waals surface area contributed by atoms with E-state index in [-0.39, 0.29) is 11.6 Å². The van der Waals surface area contributed by atoms with Crippen molar-refractivity contribution in [3.05, 3.63) is 70.6 Å². The average molecular weight is 330 g/mol. The minimum Gasteiger partial charge on any atom is -0.290 e. The van der Waals surface area contributed by atoms with Gasteiger partial charge in [-0.2, -0.15) is 0 Å². The molecule has 3 rings (SSSR count). The van der Waals surface area contributed by atoms with E-state index >= 15 is 0 Å². The Kier molecular flexibility index (Phi) is 4.25. The maximum atomic E-state index is 13.7. The lowest BCUT2D eigenvalue weighted by atomic mass is 10.2. The molecule has 0 unspecified atom stereocenters. The number of carbonyl (C=O) groups excluding carboxylic acids is 1. The van der Waals surface area contributed by atoms with Crippen molar-refractivity contribution in [1.29, 1.82) is 0 Å². The first-order chi connectivity index (χ1) is 11.0. The molecule has 1 aliphatic rings. The van der Waals surface area contributed by atoms with Crippen molar-refractivity contribution in [2.45, 2.75) is 0 Å². The highest BCUT2D eigenvalue weighted by atomic mass is 32.2. The molecule has 0 bridgehead atoms. The average Bonchev–Trinajstić information content (AvgIpc) is 2.79. The topological polar surface area (TPSA) is 32.7 Å². The zero-order valence-corrected chi connectivity index (χ0v) is 13.0. The van der Waals surface area contributed by atoms with E-state index in [1.54, 1.807) is 13.1 Å². The van der Waals surface area contributed by atoms with Crippen molar-refractivity contribution >= 4 is 34.6 Å². The summed E-state index contributed by atoms with van der Waals surface area (Å²) in [5, 5.41) is 0.350. The molecule has 1 aliphatic heterocycles. The lowest BCUT2D eigenvalue weighted by Gasteiger charge is -2.07. The highest BCUT2D eigenvalue weighted by Gasteiger charge is 2.30. The standard InChI is InChI=1S/C17H12F2N2OS/c1-21-16(22)15(9-11-5-3-2-4-6-11)23-17(21)20-14-8-7-12(18)10-13(14)19/h2-10H,1H3/b15-9+,20-17?. The van der Waals surface area contributed by atoms with Gasteiger partial charge in [-0.1, -0.05) is 30.3 Å². The molecule has 2 aromatic rings. The van der Waals surface area contributed by atoms with Gasteiger partial charge in [0, 0.05) is 13.1 Å². The number of amides is 1. The van der Waals surface area contributed by atoms with E-state index in [1.807, 2.05) is 30.3 Å². The van der Waals surface area contributed by atoms with Crippen LogP contribution in [0.4, 0.5) is 14.5 Å². The number of thioether (sulfide) groups is 1. The largest absolute Gasteiger partial charge is 0.290 e. The van der Waals surface area contributed by atoms with Crippen LogP contribution in [0.25, 0.3) is 6.08 Å². The fourth-order valence-electron chi connectivity index (χ4n) is 2.03. The van der Waals surface area contributed by atoms with E-state index in [0.717, 1.165) is 29.5 Å². The minimum atomic E-state index is -0.764. The molecule has 2 aromatic carbocycles. The smallest absolute Gasteiger partial charge is 0.266 e. The first kappa shape index (κ1) is 15.4. The van der Waals surface area contributed by atoms with Gasteiger partial charge in [0.15, 0.2) is 11.0 Å². The summed E-state index contributed by atoms with van der Waals surface area (Å²) in [7, 11) is 1.57. The fourth-order valence-corrected chi connectivity index (χ4v) is 3.01. The highest BCUT2D eigenvalue weighted by Crippen LogP contribution is 2.33. The Balaban J connectivity index is 1.92. The Morgan fingerprint density at radius 2 is 1.87 bits per heavy atom. The molecule has 116 valence electrons. The fraction of sp³-hybridized carbons (Fsp3) is 0.0588. The molecule has 1 saturated heterocycles. The van der Waals surface area contributed by atoms with Crippen LogP contribution in [0.15, 0.2) is 58.4 Å². The molecule has 0 aromatic heterocycles. The van der Waals surface area contributed by atoms with Gasteiger partial charge in [-0.25, -0.2) is 13.8 Å². The predicted octanol–water partition coefficient (Wildman–Crippen LogP) is 4.20. The lowest BCUT2D eigenvalue weighted by molar-refractivity contribution is -0.121. The van der Waals surface area contributed by atoms with E-state index in [0.29, 0.717) is 10.1 Å². The van der Waals surface area contributed by atoms with Gasteiger partial charge < -0.3 is 0 Å². The number of nitrogens with zero attached hydrogens (tertiary/aromatic N) is 2. The summed E-state index contributed by atoms with van der Waals surface area (Å²) in [4.78, 5) is 18.2. The maximum Gasteiger partial charge on any atom is 0.266 e. The summed E-state index contributed by atoms with van der Waals surface area (Å²) in [6.07, 6.45) is 1.76. The lowest BCUT2D eigenvalue weighted by Crippen LogP contribution is -2.23. The van der Waals surface area contributed by atoms with E-state index < -0.39 is 11.6 Å². The molecule has 0 spiro atoms. The SMILES string of the molecule is CN1C(=O)/C(=C\c2ccccc2)SC1=Nc1ccc(F)cc1F. The molecule has 0 radical (unpaired) electrons. The zero-order chi connectivity index (χ0) is 16.4. The number of halogens is 2. The summed E-state index contributed by atoms with van der Waals surface area (Å²) < 4.78 is 26.6. The van der Waals surface area contributed by atoms with Crippen LogP contribution >= 0.6 is 11.8 Å². The Morgan fingerprint density at radius 1 is 1.13 bits per heavy atom. The minimum absolute atomic E-state index is 0.00508. The molecule has 6 heteroatoms. The van der Waals surface area contributed by atoms with Gasteiger partial charge in [0.2, 0.25) is 0 Å². The Bertz CT molecular complexity index is 819. The number of likely N-dealkylation sites (N-methyl/N-ethyl adjacent to an activating group) is 1. The van der Waals surface area contributed by atoms with Crippen LogP contribution in [0, 0.1) is 11.6 Å². The predicted molar refractivity (Wildman–Crippen MR) is 88.2 cm³/mol. The quantitative estimate of drug-likeness (QED) is 0.773. The third-order valence-electron chi connectivity index (χ3n) is 3.23. The Morgan fingerprint density at radius 3 is 2.57 bits per heavy atom. The van der Waals surface area contributed by atoms with Crippen molar-refractivity contribution < 1.29 is 13.6 Å². The number of rotatable bonds is 2. The van der Waals surface area contributed by atoms with Gasteiger partial charge in [-0.15, -0.1) is 0 Å². The molecule has 1 amide bonds. The van der Waals surface area contributed by atoms with Crippen LogP contribution in [0.3, 0.4) is 0 Å². The second kappa shape index (κ2) is 6.34.